The monoisotopic (exact) mass is 473 g/mol. The molecule has 0 aliphatic heterocycles. The number of para-hydroxylation sites is 1. The first kappa shape index (κ1) is 23.2. The number of hydrogen-bond donors (Lipinski definition) is 3. The molecule has 4 rings (SSSR count). The molecule has 0 bridgehead atoms. The van der Waals surface area contributed by atoms with Crippen molar-refractivity contribution in [3.8, 4) is 6.07 Å². The van der Waals surface area contributed by atoms with Crippen molar-refractivity contribution in [1.82, 2.24) is 20.6 Å². The van der Waals surface area contributed by atoms with Crippen LogP contribution in [0.25, 0.3) is 10.9 Å². The van der Waals surface area contributed by atoms with Crippen LogP contribution in [-0.4, -0.2) is 27.8 Å². The number of halogens is 4. The van der Waals surface area contributed by atoms with Crippen LogP contribution in [0.1, 0.15) is 46.9 Å². The number of aromatic amines is 1. The summed E-state index contributed by atoms with van der Waals surface area (Å²) in [7, 11) is 0. The number of amides is 2. The normalized spacial score (nSPS) is 15.4. The van der Waals surface area contributed by atoms with E-state index in [2.05, 4.69) is 20.6 Å². The number of carbonyl (C=O) groups is 2. The Morgan fingerprint density at radius 1 is 1.24 bits per heavy atom. The van der Waals surface area contributed by atoms with E-state index < -0.39 is 47.0 Å². The Kier molecular flexibility index (Phi) is 6.24. The standard InChI is InChI=1S/C23H19F4N5O2/c24-16-3-1-2-13-9-18(30-20(13)16)22(34)31-17(8-12-4-5-12)21(33)32-19(10-28)14-11-29-7-6-15(14)23(25,26)27/h1-3,6-7,9,11-12,17,19,30H,4-5,8H2,(H,31,34)(H,32,33)/t17-,19?/m0/s1. The number of alkyl halides is 3. The molecule has 0 radical (unpaired) electrons. The minimum Gasteiger partial charge on any atom is -0.348 e. The van der Waals surface area contributed by atoms with Crippen LogP contribution in [0.5, 0.6) is 0 Å². The second kappa shape index (κ2) is 9.13. The van der Waals surface area contributed by atoms with Gasteiger partial charge in [-0.2, -0.15) is 18.4 Å². The van der Waals surface area contributed by atoms with Crippen LogP contribution in [0.15, 0.2) is 42.7 Å². The largest absolute Gasteiger partial charge is 0.416 e. The topological polar surface area (TPSA) is 111 Å². The second-order valence-corrected chi connectivity index (χ2v) is 8.12. The number of H-pyrrole nitrogens is 1. The molecule has 2 aromatic heterocycles. The molecule has 0 saturated heterocycles. The lowest BCUT2D eigenvalue weighted by atomic mass is 10.0. The van der Waals surface area contributed by atoms with E-state index in [4.69, 9.17) is 0 Å². The number of nitriles is 1. The van der Waals surface area contributed by atoms with Gasteiger partial charge in [0.15, 0.2) is 0 Å². The quantitative estimate of drug-likeness (QED) is 0.451. The highest BCUT2D eigenvalue weighted by Crippen LogP contribution is 2.35. The average molecular weight is 473 g/mol. The first-order valence-corrected chi connectivity index (χ1v) is 10.5. The van der Waals surface area contributed by atoms with Gasteiger partial charge in [-0.25, -0.2) is 4.39 Å². The van der Waals surface area contributed by atoms with Crippen molar-refractivity contribution in [3.63, 3.8) is 0 Å². The first-order chi connectivity index (χ1) is 16.2. The van der Waals surface area contributed by atoms with Gasteiger partial charge in [0.2, 0.25) is 5.91 Å². The van der Waals surface area contributed by atoms with E-state index in [1.807, 2.05) is 0 Å². The van der Waals surface area contributed by atoms with E-state index in [1.165, 1.54) is 18.2 Å². The van der Waals surface area contributed by atoms with Crippen LogP contribution in [0.4, 0.5) is 17.6 Å². The van der Waals surface area contributed by atoms with Crippen molar-refractivity contribution in [2.24, 2.45) is 5.92 Å². The molecule has 2 atom stereocenters. The highest BCUT2D eigenvalue weighted by Gasteiger charge is 2.37. The Labute approximate surface area is 191 Å². The van der Waals surface area contributed by atoms with Crippen molar-refractivity contribution in [2.75, 3.05) is 0 Å². The molecule has 1 aromatic carbocycles. The first-order valence-electron chi connectivity index (χ1n) is 10.5. The number of fused-ring (bicyclic) bond motifs is 1. The zero-order chi connectivity index (χ0) is 24.5. The molecule has 3 N–H and O–H groups in total. The number of benzene rings is 1. The third-order valence-corrected chi connectivity index (χ3v) is 5.62. The van der Waals surface area contributed by atoms with Crippen LogP contribution in [-0.2, 0) is 11.0 Å². The Morgan fingerprint density at radius 2 is 2.00 bits per heavy atom. The molecule has 1 fully saturated rings. The van der Waals surface area contributed by atoms with E-state index in [0.717, 1.165) is 31.3 Å². The number of aromatic nitrogens is 2. The molecular formula is C23H19F4N5O2. The van der Waals surface area contributed by atoms with E-state index in [-0.39, 0.29) is 23.5 Å². The zero-order valence-electron chi connectivity index (χ0n) is 17.6. The molecule has 1 aliphatic carbocycles. The van der Waals surface area contributed by atoms with Crippen LogP contribution < -0.4 is 10.6 Å². The molecule has 0 spiro atoms. The highest BCUT2D eigenvalue weighted by atomic mass is 19.4. The maximum Gasteiger partial charge on any atom is 0.416 e. The predicted molar refractivity (Wildman–Crippen MR) is 113 cm³/mol. The highest BCUT2D eigenvalue weighted by molar-refractivity contribution is 6.00. The van der Waals surface area contributed by atoms with Crippen LogP contribution in [0, 0.1) is 23.1 Å². The van der Waals surface area contributed by atoms with Crippen molar-refractivity contribution in [2.45, 2.75) is 37.5 Å². The van der Waals surface area contributed by atoms with Crippen molar-refractivity contribution in [3.05, 3.63) is 65.4 Å². The fourth-order valence-electron chi connectivity index (χ4n) is 3.71. The van der Waals surface area contributed by atoms with Gasteiger partial charge in [0.1, 0.15) is 23.6 Å². The lowest BCUT2D eigenvalue weighted by Crippen LogP contribution is -2.48. The number of nitrogens with zero attached hydrogens (tertiary/aromatic N) is 2. The number of carbonyl (C=O) groups excluding carboxylic acids is 2. The zero-order valence-corrected chi connectivity index (χ0v) is 17.6. The Balaban J connectivity index is 1.54. The maximum absolute atomic E-state index is 14.0. The minimum absolute atomic E-state index is 0.0251. The number of rotatable bonds is 7. The summed E-state index contributed by atoms with van der Waals surface area (Å²) >= 11 is 0. The van der Waals surface area contributed by atoms with E-state index in [0.29, 0.717) is 5.39 Å². The number of nitrogens with one attached hydrogen (secondary N) is 3. The third-order valence-electron chi connectivity index (χ3n) is 5.62. The molecule has 3 aromatic rings. The van der Waals surface area contributed by atoms with Gasteiger partial charge in [0, 0.05) is 23.3 Å². The van der Waals surface area contributed by atoms with Gasteiger partial charge < -0.3 is 15.6 Å². The van der Waals surface area contributed by atoms with E-state index in [1.54, 1.807) is 12.1 Å². The van der Waals surface area contributed by atoms with Crippen molar-refractivity contribution < 1.29 is 27.2 Å². The Hall–Kier alpha value is -3.94. The van der Waals surface area contributed by atoms with Gasteiger partial charge in [0.05, 0.1) is 17.1 Å². The maximum atomic E-state index is 14.0. The van der Waals surface area contributed by atoms with E-state index in [9.17, 15) is 32.4 Å². The summed E-state index contributed by atoms with van der Waals surface area (Å²) in [6.07, 6.45) is -0.972. The van der Waals surface area contributed by atoms with Crippen LogP contribution in [0.2, 0.25) is 0 Å². The van der Waals surface area contributed by atoms with Gasteiger partial charge in [0.25, 0.3) is 5.91 Å². The van der Waals surface area contributed by atoms with Crippen LogP contribution >= 0.6 is 0 Å². The van der Waals surface area contributed by atoms with Gasteiger partial charge >= 0.3 is 6.18 Å². The molecule has 11 heteroatoms. The smallest absolute Gasteiger partial charge is 0.348 e. The molecule has 2 amide bonds. The molecular weight excluding hydrogens is 454 g/mol. The summed E-state index contributed by atoms with van der Waals surface area (Å²) in [6.45, 7) is 0. The van der Waals surface area contributed by atoms with Gasteiger partial charge in [-0.15, -0.1) is 0 Å². The molecule has 2 heterocycles. The van der Waals surface area contributed by atoms with Crippen molar-refractivity contribution >= 4 is 22.7 Å². The van der Waals surface area contributed by atoms with Gasteiger partial charge in [-0.05, 0) is 30.5 Å². The lowest BCUT2D eigenvalue weighted by molar-refractivity contribution is -0.138. The number of pyridine rings is 1. The summed E-state index contributed by atoms with van der Waals surface area (Å²) in [5, 5.41) is 14.8. The molecule has 7 nitrogen and oxygen atoms in total. The lowest BCUT2D eigenvalue weighted by Gasteiger charge is -2.22. The van der Waals surface area contributed by atoms with Crippen LogP contribution in [0.3, 0.4) is 0 Å². The van der Waals surface area contributed by atoms with Crippen molar-refractivity contribution in [1.29, 1.82) is 5.26 Å². The van der Waals surface area contributed by atoms with E-state index >= 15 is 0 Å². The molecule has 34 heavy (non-hydrogen) atoms. The molecule has 1 unspecified atom stereocenters. The predicted octanol–water partition coefficient (Wildman–Crippen LogP) is 4.00. The van der Waals surface area contributed by atoms with Gasteiger partial charge in [-0.1, -0.05) is 25.0 Å². The Morgan fingerprint density at radius 3 is 2.65 bits per heavy atom. The fraction of sp³-hybridized carbons (Fsp3) is 0.304. The second-order valence-electron chi connectivity index (χ2n) is 8.12. The average Bonchev–Trinajstić information content (AvgIpc) is 3.50. The minimum atomic E-state index is -4.75. The number of hydrogen-bond acceptors (Lipinski definition) is 4. The summed E-state index contributed by atoms with van der Waals surface area (Å²) < 4.78 is 54.0. The third kappa shape index (κ3) is 5.01. The summed E-state index contributed by atoms with van der Waals surface area (Å²) in [6, 6.07) is 5.44. The Bertz CT molecular complexity index is 1280. The SMILES string of the molecule is N#CC(NC(=O)[C@H](CC1CC1)NC(=O)c1cc2cccc(F)c2[nH]1)c1cnccc1C(F)(F)F. The molecule has 176 valence electrons. The molecule has 1 aliphatic rings. The summed E-state index contributed by atoms with van der Waals surface area (Å²) in [5.74, 6) is -1.85. The summed E-state index contributed by atoms with van der Waals surface area (Å²) in [5.41, 5.74) is -1.42. The van der Waals surface area contributed by atoms with Gasteiger partial charge in [-0.3, -0.25) is 14.6 Å². The summed E-state index contributed by atoms with van der Waals surface area (Å²) in [4.78, 5) is 32.1. The molecule has 1 saturated carbocycles. The fourth-order valence-corrected chi connectivity index (χ4v) is 3.71.